The first-order valence-electron chi connectivity index (χ1n) is 11.4. The number of anilines is 1. The van der Waals surface area contributed by atoms with E-state index in [0.717, 1.165) is 17.1 Å². The van der Waals surface area contributed by atoms with Gasteiger partial charge in [0.15, 0.2) is 0 Å². The number of amides is 2. The minimum Gasteiger partial charge on any atom is -0.494 e. The Morgan fingerprint density at radius 3 is 2.44 bits per heavy atom. The third-order valence-corrected chi connectivity index (χ3v) is 6.14. The number of ether oxygens (including phenoxy) is 1. The van der Waals surface area contributed by atoms with Crippen LogP contribution in [0.2, 0.25) is 5.02 Å². The van der Waals surface area contributed by atoms with Gasteiger partial charge in [-0.15, -0.1) is 0 Å². The Kier molecular flexibility index (Phi) is 9.50. The Hall–Kier alpha value is -2.88. The van der Waals surface area contributed by atoms with Crippen molar-refractivity contribution in [1.82, 2.24) is 15.4 Å². The number of aliphatic hydroxyl groups excluding tert-OH is 1. The molecule has 3 N–H and O–H groups in total. The monoisotopic (exact) mass is 490 g/mol. The summed E-state index contributed by atoms with van der Waals surface area (Å²) < 4.78 is 5.45. The fraction of sp³-hybridized carbons (Fsp3) is 0.458. The van der Waals surface area contributed by atoms with Crippen molar-refractivity contribution in [2.24, 2.45) is 5.92 Å². The number of carbonyl (C=O) groups is 2. The molecule has 0 spiro atoms. The fourth-order valence-electron chi connectivity index (χ4n) is 4.06. The van der Waals surface area contributed by atoms with E-state index in [4.69, 9.17) is 21.5 Å². The van der Waals surface area contributed by atoms with E-state index < -0.39 is 17.9 Å². The number of nitrogens with zero attached hydrogens (tertiary/aromatic N) is 3. The fourth-order valence-corrected chi connectivity index (χ4v) is 4.17. The molecule has 34 heavy (non-hydrogen) atoms. The van der Waals surface area contributed by atoms with Crippen LogP contribution < -0.4 is 15.1 Å². The van der Waals surface area contributed by atoms with Gasteiger partial charge >= 0.3 is 0 Å². The van der Waals surface area contributed by atoms with Gasteiger partial charge in [0.2, 0.25) is 5.91 Å². The molecule has 0 aliphatic carbocycles. The Balaban J connectivity index is 1.59. The zero-order valence-corrected chi connectivity index (χ0v) is 19.9. The summed E-state index contributed by atoms with van der Waals surface area (Å²) >= 11 is 5.90. The molecule has 1 saturated heterocycles. The van der Waals surface area contributed by atoms with E-state index in [0.29, 0.717) is 57.1 Å². The molecule has 2 amide bonds. The Morgan fingerprint density at radius 2 is 1.85 bits per heavy atom. The molecule has 10 heteroatoms. The first-order chi connectivity index (χ1) is 16.4. The highest BCUT2D eigenvalue weighted by Gasteiger charge is 2.35. The van der Waals surface area contributed by atoms with E-state index in [9.17, 15) is 14.7 Å². The number of carbonyl (C=O) groups excluding carboxylic acids is 2. The van der Waals surface area contributed by atoms with Crippen LogP contribution in [0.4, 0.5) is 5.82 Å². The molecule has 184 valence electrons. The number of hydrogen-bond donors (Lipinski definition) is 3. The van der Waals surface area contributed by atoms with Crippen LogP contribution in [0.1, 0.15) is 25.3 Å². The molecule has 0 radical (unpaired) electrons. The topological polar surface area (TPSA) is 115 Å². The Labute approximate surface area is 204 Å². The van der Waals surface area contributed by atoms with Gasteiger partial charge in [0.05, 0.1) is 17.5 Å². The smallest absolute Gasteiger partial charge is 0.272 e. The van der Waals surface area contributed by atoms with Gasteiger partial charge in [-0.2, -0.15) is 0 Å². The lowest BCUT2D eigenvalue weighted by molar-refractivity contribution is -0.151. The maximum Gasteiger partial charge on any atom is 0.272 e. The number of nitrogens with one attached hydrogen (secondary N) is 1. The number of pyridine rings is 1. The lowest BCUT2D eigenvalue weighted by Crippen LogP contribution is -2.53. The molecule has 1 aromatic carbocycles. The highest BCUT2D eigenvalue weighted by Crippen LogP contribution is 2.22. The highest BCUT2D eigenvalue weighted by atomic mass is 35.5. The van der Waals surface area contributed by atoms with Gasteiger partial charge in [-0.25, -0.2) is 10.5 Å². The van der Waals surface area contributed by atoms with Crippen LogP contribution in [0.15, 0.2) is 42.6 Å². The first kappa shape index (κ1) is 25.7. The van der Waals surface area contributed by atoms with Crippen molar-refractivity contribution in [2.75, 3.05) is 37.7 Å². The van der Waals surface area contributed by atoms with Crippen LogP contribution in [0.5, 0.6) is 5.75 Å². The minimum absolute atomic E-state index is 0.300. The number of halogens is 1. The van der Waals surface area contributed by atoms with E-state index in [-0.39, 0.29) is 5.91 Å². The van der Waals surface area contributed by atoms with Gasteiger partial charge < -0.3 is 19.6 Å². The Morgan fingerprint density at radius 1 is 1.15 bits per heavy atom. The van der Waals surface area contributed by atoms with E-state index in [1.54, 1.807) is 17.2 Å². The number of hydroxylamine groups is 1. The molecule has 2 atom stereocenters. The second kappa shape index (κ2) is 12.5. The number of aliphatic hydroxyl groups is 1. The van der Waals surface area contributed by atoms with Gasteiger partial charge in [-0.3, -0.25) is 14.8 Å². The number of rotatable bonds is 10. The number of aromatic nitrogens is 1. The van der Waals surface area contributed by atoms with Crippen molar-refractivity contribution in [2.45, 2.75) is 32.3 Å². The van der Waals surface area contributed by atoms with E-state index in [1.807, 2.05) is 37.3 Å². The van der Waals surface area contributed by atoms with E-state index in [1.165, 1.54) is 5.48 Å². The molecule has 2 heterocycles. The second-order valence-corrected chi connectivity index (χ2v) is 8.58. The summed E-state index contributed by atoms with van der Waals surface area (Å²) in [6.07, 6.45) is 1.53. The summed E-state index contributed by atoms with van der Waals surface area (Å²) in [6.45, 7) is 4.53. The lowest BCUT2D eigenvalue weighted by Gasteiger charge is -2.37. The number of benzene rings is 1. The maximum atomic E-state index is 13.2. The summed E-state index contributed by atoms with van der Waals surface area (Å²) in [6, 6.07) is 11.3. The second-order valence-electron chi connectivity index (χ2n) is 8.14. The molecule has 1 fully saturated rings. The number of piperazine rings is 1. The minimum atomic E-state index is -1.63. The van der Waals surface area contributed by atoms with Gasteiger partial charge in [-0.05, 0) is 56.0 Å². The standard InChI is InChI=1S/C24H31ClN4O5/c1-2-34-19-9-6-17(7-10-19)4-3-5-20(22(30)23(31)27-33)24(32)29-14-12-28(13-15-29)21-11-8-18(25)16-26-21/h6-11,16,20,22,30,33H,2-5,12-15H2,1H3,(H,27,31)/t20?,22-/m0/s1. The zero-order chi connectivity index (χ0) is 24.5. The Bertz CT molecular complexity index is 933. The van der Waals surface area contributed by atoms with Crippen LogP contribution >= 0.6 is 11.6 Å². The predicted molar refractivity (Wildman–Crippen MR) is 128 cm³/mol. The van der Waals surface area contributed by atoms with Gasteiger partial charge in [0.1, 0.15) is 17.7 Å². The van der Waals surface area contributed by atoms with Crippen molar-refractivity contribution < 1.29 is 24.6 Å². The molecule has 1 aliphatic heterocycles. The lowest BCUT2D eigenvalue weighted by atomic mass is 9.92. The average molecular weight is 491 g/mol. The molecular formula is C24H31ClN4O5. The third kappa shape index (κ3) is 6.82. The normalized spacial score (nSPS) is 15.5. The molecule has 0 bridgehead atoms. The van der Waals surface area contributed by atoms with Crippen LogP contribution in [0.25, 0.3) is 0 Å². The average Bonchev–Trinajstić information content (AvgIpc) is 2.87. The largest absolute Gasteiger partial charge is 0.494 e. The maximum absolute atomic E-state index is 13.2. The molecular weight excluding hydrogens is 460 g/mol. The molecule has 3 rings (SSSR count). The van der Waals surface area contributed by atoms with Gasteiger partial charge in [0.25, 0.3) is 5.91 Å². The highest BCUT2D eigenvalue weighted by molar-refractivity contribution is 6.30. The van der Waals surface area contributed by atoms with Crippen molar-refractivity contribution in [3.8, 4) is 5.75 Å². The number of aryl methyl sites for hydroxylation is 1. The molecule has 2 aromatic rings. The van der Waals surface area contributed by atoms with Crippen molar-refractivity contribution in [1.29, 1.82) is 0 Å². The summed E-state index contributed by atoms with van der Waals surface area (Å²) in [5, 5.41) is 20.0. The molecule has 0 saturated carbocycles. The van der Waals surface area contributed by atoms with Crippen LogP contribution in [0.3, 0.4) is 0 Å². The molecule has 1 aromatic heterocycles. The summed E-state index contributed by atoms with van der Waals surface area (Å²) in [4.78, 5) is 33.2. The van der Waals surface area contributed by atoms with E-state index >= 15 is 0 Å². The van der Waals surface area contributed by atoms with Crippen LogP contribution in [0, 0.1) is 5.92 Å². The SMILES string of the molecule is CCOc1ccc(CCCC(C(=O)N2CCN(c3ccc(Cl)cn3)CC2)[C@H](O)C(=O)NO)cc1. The summed E-state index contributed by atoms with van der Waals surface area (Å²) in [5.41, 5.74) is 2.53. The first-order valence-corrected chi connectivity index (χ1v) is 11.8. The zero-order valence-electron chi connectivity index (χ0n) is 19.2. The van der Waals surface area contributed by atoms with Gasteiger partial charge in [0, 0.05) is 32.4 Å². The molecule has 1 aliphatic rings. The van der Waals surface area contributed by atoms with Crippen molar-refractivity contribution in [3.05, 3.63) is 53.2 Å². The molecule has 9 nitrogen and oxygen atoms in total. The van der Waals surface area contributed by atoms with Crippen LogP contribution in [-0.2, 0) is 16.0 Å². The third-order valence-electron chi connectivity index (χ3n) is 5.92. The number of hydrogen-bond acceptors (Lipinski definition) is 7. The van der Waals surface area contributed by atoms with Crippen LogP contribution in [-0.4, -0.2) is 70.9 Å². The van der Waals surface area contributed by atoms with Crippen molar-refractivity contribution >= 4 is 29.2 Å². The summed E-state index contributed by atoms with van der Waals surface area (Å²) in [7, 11) is 0. The van der Waals surface area contributed by atoms with Gasteiger partial charge in [-0.1, -0.05) is 23.7 Å². The summed E-state index contributed by atoms with van der Waals surface area (Å²) in [5.74, 6) is -0.657. The van der Waals surface area contributed by atoms with E-state index in [2.05, 4.69) is 9.88 Å². The molecule has 1 unspecified atom stereocenters. The predicted octanol–water partition coefficient (Wildman–Crippen LogP) is 2.29. The quantitative estimate of drug-likeness (QED) is 0.345. The van der Waals surface area contributed by atoms with Crippen molar-refractivity contribution in [3.63, 3.8) is 0 Å².